The number of imidazole rings is 1. The minimum absolute atomic E-state index is 0.565. The van der Waals surface area contributed by atoms with Crippen LogP contribution >= 0.6 is 23.1 Å². The van der Waals surface area contributed by atoms with Crippen molar-refractivity contribution in [1.82, 2.24) is 15.3 Å². The topological polar surface area (TPSA) is 76.9 Å². The third-order valence-electron chi connectivity index (χ3n) is 2.81. The van der Waals surface area contributed by atoms with E-state index in [0.717, 1.165) is 27.4 Å². The van der Waals surface area contributed by atoms with E-state index in [2.05, 4.69) is 20.3 Å². The molecule has 1 aromatic carbocycles. The Kier molecular flexibility index (Phi) is 3.90. The van der Waals surface area contributed by atoms with Crippen molar-refractivity contribution >= 4 is 45.0 Å². The molecule has 0 radical (unpaired) electrons. The Morgan fingerprint density at radius 2 is 2.38 bits per heavy atom. The van der Waals surface area contributed by atoms with E-state index in [9.17, 15) is 0 Å². The van der Waals surface area contributed by atoms with Gasteiger partial charge in [-0.25, -0.2) is 9.98 Å². The second-order valence-electron chi connectivity index (χ2n) is 4.12. The van der Waals surface area contributed by atoms with E-state index in [1.165, 1.54) is 11.8 Å². The van der Waals surface area contributed by atoms with Gasteiger partial charge >= 0.3 is 0 Å². The Hall–Kier alpha value is -2.30. The first-order valence-corrected chi connectivity index (χ1v) is 8.22. The van der Waals surface area contributed by atoms with Crippen molar-refractivity contribution < 1.29 is 0 Å². The fourth-order valence-corrected chi connectivity index (χ4v) is 2.90. The van der Waals surface area contributed by atoms with E-state index in [4.69, 9.17) is 5.26 Å². The molecule has 7 heteroatoms. The summed E-state index contributed by atoms with van der Waals surface area (Å²) in [5.41, 5.74) is 2.60. The van der Waals surface area contributed by atoms with Gasteiger partial charge in [-0.05, 0) is 35.9 Å². The van der Waals surface area contributed by atoms with Crippen LogP contribution < -0.4 is 5.32 Å². The number of nitrogens with one attached hydrogen (secondary N) is 2. The number of fused-ring (bicyclic) bond motifs is 1. The molecular weight excluding hydrogens is 302 g/mol. The Bertz CT molecular complexity index is 827. The average molecular weight is 313 g/mol. The van der Waals surface area contributed by atoms with Gasteiger partial charge < -0.3 is 4.98 Å². The van der Waals surface area contributed by atoms with Crippen molar-refractivity contribution in [3.8, 4) is 16.9 Å². The van der Waals surface area contributed by atoms with Gasteiger partial charge in [0.15, 0.2) is 11.4 Å². The first-order valence-electron chi connectivity index (χ1n) is 6.11. The zero-order chi connectivity index (χ0) is 14.7. The number of aromatic amines is 1. The van der Waals surface area contributed by atoms with Crippen molar-refractivity contribution in [1.29, 1.82) is 5.26 Å². The minimum atomic E-state index is 0.565. The summed E-state index contributed by atoms with van der Waals surface area (Å²) in [7, 11) is 0. The Labute approximate surface area is 129 Å². The van der Waals surface area contributed by atoms with Gasteiger partial charge in [-0.3, -0.25) is 5.32 Å². The van der Waals surface area contributed by atoms with E-state index in [0.29, 0.717) is 5.17 Å². The van der Waals surface area contributed by atoms with Crippen LogP contribution in [0.4, 0.5) is 5.69 Å². The van der Waals surface area contributed by atoms with Gasteiger partial charge in [0.05, 0.1) is 21.6 Å². The molecule has 2 heterocycles. The first-order chi connectivity index (χ1) is 10.3. The molecule has 0 aliphatic rings. The monoisotopic (exact) mass is 313 g/mol. The summed E-state index contributed by atoms with van der Waals surface area (Å²) in [6, 6.07) is 9.77. The lowest BCUT2D eigenvalue weighted by molar-refractivity contribution is 1.28. The molecular formula is C14H11N5S2. The average Bonchev–Trinajstić information content (AvgIpc) is 3.15. The molecule has 0 atom stereocenters. The maximum absolute atomic E-state index is 8.66. The lowest BCUT2D eigenvalue weighted by atomic mass is 10.3. The number of thiophene rings is 1. The number of aliphatic imine (C=N–C) groups is 1. The van der Waals surface area contributed by atoms with Crippen LogP contribution in [0, 0.1) is 11.5 Å². The second kappa shape index (κ2) is 5.99. The van der Waals surface area contributed by atoms with Crippen molar-refractivity contribution in [3.05, 3.63) is 35.7 Å². The number of rotatable bonds is 2. The van der Waals surface area contributed by atoms with Crippen molar-refractivity contribution in [3.63, 3.8) is 0 Å². The largest absolute Gasteiger partial charge is 0.337 e. The van der Waals surface area contributed by atoms with E-state index >= 15 is 0 Å². The quantitative estimate of drug-likeness (QED) is 0.327. The summed E-state index contributed by atoms with van der Waals surface area (Å²) in [5, 5.41) is 13.8. The predicted molar refractivity (Wildman–Crippen MR) is 88.8 cm³/mol. The van der Waals surface area contributed by atoms with Gasteiger partial charge in [-0.1, -0.05) is 17.8 Å². The first kappa shape index (κ1) is 13.7. The van der Waals surface area contributed by atoms with Crippen LogP contribution in [0.25, 0.3) is 21.7 Å². The van der Waals surface area contributed by atoms with Crippen LogP contribution in [-0.2, 0) is 0 Å². The molecule has 0 saturated carbocycles. The smallest absolute Gasteiger partial charge is 0.183 e. The summed E-state index contributed by atoms with van der Waals surface area (Å²) >= 11 is 3.04. The Balaban J connectivity index is 1.99. The summed E-state index contributed by atoms with van der Waals surface area (Å²) in [4.78, 5) is 13.4. The number of benzene rings is 1. The van der Waals surface area contributed by atoms with E-state index in [-0.39, 0.29) is 0 Å². The molecule has 2 aromatic heterocycles. The molecule has 104 valence electrons. The maximum atomic E-state index is 8.66. The third kappa shape index (κ3) is 2.91. The van der Waals surface area contributed by atoms with Gasteiger partial charge in [0.2, 0.25) is 0 Å². The summed E-state index contributed by atoms with van der Waals surface area (Å²) < 4.78 is 0. The molecule has 5 nitrogen and oxygen atoms in total. The van der Waals surface area contributed by atoms with Gasteiger partial charge in [0.25, 0.3) is 0 Å². The van der Waals surface area contributed by atoms with E-state index < -0.39 is 0 Å². The third-order valence-corrected chi connectivity index (χ3v) is 4.26. The van der Waals surface area contributed by atoms with Crippen LogP contribution in [0.2, 0.25) is 0 Å². The fourth-order valence-electron chi connectivity index (χ4n) is 1.89. The van der Waals surface area contributed by atoms with Gasteiger partial charge in [-0.15, -0.1) is 11.3 Å². The Morgan fingerprint density at radius 1 is 1.48 bits per heavy atom. The summed E-state index contributed by atoms with van der Waals surface area (Å²) in [6.45, 7) is 0. The molecule has 3 rings (SSSR count). The summed E-state index contributed by atoms with van der Waals surface area (Å²) in [6.07, 6.45) is 3.75. The molecule has 0 bridgehead atoms. The number of hydrogen-bond acceptors (Lipinski definition) is 5. The van der Waals surface area contributed by atoms with E-state index in [1.54, 1.807) is 11.3 Å². The minimum Gasteiger partial charge on any atom is -0.337 e. The molecule has 0 fully saturated rings. The van der Waals surface area contributed by atoms with Crippen molar-refractivity contribution in [2.45, 2.75) is 0 Å². The second-order valence-corrected chi connectivity index (χ2v) is 5.86. The Morgan fingerprint density at radius 3 is 3.10 bits per heavy atom. The maximum Gasteiger partial charge on any atom is 0.183 e. The molecule has 0 amide bonds. The molecule has 0 saturated heterocycles. The van der Waals surface area contributed by atoms with Crippen LogP contribution in [0.15, 0.2) is 40.7 Å². The number of nitrogens with zero attached hydrogens (tertiary/aromatic N) is 3. The molecule has 2 N–H and O–H groups in total. The number of thioether (sulfide) groups is 1. The standard InChI is InChI=1S/C14H11N5S2/c1-20-14(16-8-15)17-9-4-5-10-11(7-9)19-13(18-10)12-3-2-6-21-12/h2-7H,1H3,(H,16,17)(H,18,19). The molecule has 0 aliphatic carbocycles. The van der Waals surface area contributed by atoms with E-state index in [1.807, 2.05) is 48.2 Å². The van der Waals surface area contributed by atoms with Crippen molar-refractivity contribution in [2.75, 3.05) is 6.26 Å². The van der Waals surface area contributed by atoms with Gasteiger partial charge in [-0.2, -0.15) is 5.26 Å². The number of aromatic nitrogens is 2. The highest BCUT2D eigenvalue weighted by Crippen LogP contribution is 2.26. The molecule has 3 aromatic rings. The highest BCUT2D eigenvalue weighted by molar-refractivity contribution is 8.13. The normalized spacial score (nSPS) is 11.5. The van der Waals surface area contributed by atoms with Crippen LogP contribution in [0.5, 0.6) is 0 Å². The lowest BCUT2D eigenvalue weighted by Gasteiger charge is -1.99. The predicted octanol–water partition coefficient (Wildman–Crippen LogP) is 3.71. The zero-order valence-corrected chi connectivity index (χ0v) is 12.8. The zero-order valence-electron chi connectivity index (χ0n) is 11.1. The SMILES string of the molecule is CSC(=Nc1ccc2nc(-c3cccs3)[nH]c2c1)NC#N. The lowest BCUT2D eigenvalue weighted by Crippen LogP contribution is -2.12. The van der Waals surface area contributed by atoms with Crippen LogP contribution in [0.3, 0.4) is 0 Å². The highest BCUT2D eigenvalue weighted by atomic mass is 32.2. The highest BCUT2D eigenvalue weighted by Gasteiger charge is 2.07. The summed E-state index contributed by atoms with van der Waals surface area (Å²) in [5.74, 6) is 0.862. The molecule has 0 aliphatic heterocycles. The number of H-pyrrole nitrogens is 1. The fraction of sp³-hybridized carbons (Fsp3) is 0.0714. The van der Waals surface area contributed by atoms with Crippen LogP contribution in [0.1, 0.15) is 0 Å². The molecule has 21 heavy (non-hydrogen) atoms. The van der Waals surface area contributed by atoms with Crippen LogP contribution in [-0.4, -0.2) is 21.4 Å². The number of nitriles is 1. The molecule has 0 spiro atoms. The number of amidine groups is 1. The number of hydrogen-bond donors (Lipinski definition) is 2. The molecule has 0 unspecified atom stereocenters. The van der Waals surface area contributed by atoms with Gasteiger partial charge in [0.1, 0.15) is 5.82 Å². The van der Waals surface area contributed by atoms with Gasteiger partial charge in [0, 0.05) is 0 Å². The van der Waals surface area contributed by atoms with Crippen molar-refractivity contribution in [2.24, 2.45) is 4.99 Å².